The average molecular weight is 312 g/mol. The number of carbonyl (C=O) groups excluding carboxylic acids is 1. The number of rotatable bonds is 5. The lowest BCUT2D eigenvalue weighted by molar-refractivity contribution is -0.384. The minimum atomic E-state index is -0.595. The molecule has 0 radical (unpaired) electrons. The van der Waals surface area contributed by atoms with E-state index in [0.717, 1.165) is 32.2 Å². The van der Waals surface area contributed by atoms with E-state index in [1.54, 1.807) is 0 Å². The molecule has 0 saturated carbocycles. The summed E-state index contributed by atoms with van der Waals surface area (Å²) in [6, 6.07) is 4.02. The summed E-state index contributed by atoms with van der Waals surface area (Å²) in [5.41, 5.74) is -0.415. The van der Waals surface area contributed by atoms with E-state index in [2.05, 4.69) is 10.6 Å². The molecule has 1 aromatic rings. The zero-order chi connectivity index (χ0) is 15.5. The van der Waals surface area contributed by atoms with Crippen molar-refractivity contribution in [3.05, 3.63) is 33.3 Å². The first-order valence-electron chi connectivity index (χ1n) is 6.99. The number of halogens is 1. The van der Waals surface area contributed by atoms with Crippen LogP contribution in [0.3, 0.4) is 0 Å². The van der Waals surface area contributed by atoms with Crippen molar-refractivity contribution in [1.29, 1.82) is 0 Å². The lowest BCUT2D eigenvalue weighted by Gasteiger charge is -2.28. The second-order valence-electron chi connectivity index (χ2n) is 5.24. The van der Waals surface area contributed by atoms with Gasteiger partial charge in [0.05, 0.1) is 21.2 Å². The molecule has 2 rings (SSSR count). The molecule has 0 aliphatic carbocycles. The third-order valence-corrected chi connectivity index (χ3v) is 4.09. The molecular formula is C14H18ClN3O3. The van der Waals surface area contributed by atoms with Gasteiger partial charge in [0.2, 0.25) is 5.91 Å². The van der Waals surface area contributed by atoms with E-state index < -0.39 is 10.5 Å². The van der Waals surface area contributed by atoms with Crippen LogP contribution in [0.25, 0.3) is 0 Å². The smallest absolute Gasteiger partial charge is 0.271 e. The van der Waals surface area contributed by atoms with Crippen molar-refractivity contribution in [1.82, 2.24) is 5.32 Å². The molecule has 1 aliphatic heterocycles. The third kappa shape index (κ3) is 3.33. The Hall–Kier alpha value is -1.66. The zero-order valence-corrected chi connectivity index (χ0v) is 12.6. The van der Waals surface area contributed by atoms with Crippen LogP contribution in [0.2, 0.25) is 5.02 Å². The van der Waals surface area contributed by atoms with Gasteiger partial charge in [-0.05, 0) is 31.9 Å². The van der Waals surface area contributed by atoms with E-state index in [1.807, 2.05) is 6.92 Å². The molecule has 0 bridgehead atoms. The van der Waals surface area contributed by atoms with E-state index in [0.29, 0.717) is 5.02 Å². The Morgan fingerprint density at radius 3 is 2.90 bits per heavy atom. The minimum absolute atomic E-state index is 0.0985. The topological polar surface area (TPSA) is 84.3 Å². The molecule has 1 amide bonds. The number of hydrogen-bond acceptors (Lipinski definition) is 4. The number of nitrogens with zero attached hydrogens (tertiary/aromatic N) is 1. The van der Waals surface area contributed by atoms with Crippen molar-refractivity contribution in [2.24, 2.45) is 0 Å². The molecule has 1 fully saturated rings. The molecule has 1 heterocycles. The normalized spacial score (nSPS) is 21.2. The van der Waals surface area contributed by atoms with Crippen LogP contribution in [-0.4, -0.2) is 22.9 Å². The van der Waals surface area contributed by atoms with Crippen LogP contribution in [0.15, 0.2) is 18.2 Å². The van der Waals surface area contributed by atoms with Crippen LogP contribution < -0.4 is 10.6 Å². The van der Waals surface area contributed by atoms with Crippen molar-refractivity contribution < 1.29 is 9.72 Å². The number of hydrogen-bond donors (Lipinski definition) is 2. The summed E-state index contributed by atoms with van der Waals surface area (Å²) >= 11 is 6.02. The Morgan fingerprint density at radius 1 is 1.57 bits per heavy atom. The Morgan fingerprint density at radius 2 is 2.33 bits per heavy atom. The van der Waals surface area contributed by atoms with Crippen molar-refractivity contribution in [3.8, 4) is 0 Å². The highest BCUT2D eigenvalue weighted by molar-refractivity contribution is 6.33. The average Bonchev–Trinajstić information content (AvgIpc) is 2.91. The molecule has 6 nitrogen and oxygen atoms in total. The van der Waals surface area contributed by atoms with Gasteiger partial charge in [-0.15, -0.1) is 0 Å². The largest absolute Gasteiger partial charge is 0.323 e. The number of anilines is 1. The first-order chi connectivity index (χ1) is 9.98. The van der Waals surface area contributed by atoms with Gasteiger partial charge in [0.25, 0.3) is 5.69 Å². The van der Waals surface area contributed by atoms with Gasteiger partial charge in [-0.1, -0.05) is 24.9 Å². The second kappa shape index (κ2) is 6.41. The number of carbonyl (C=O) groups is 1. The van der Waals surface area contributed by atoms with Gasteiger partial charge in [-0.3, -0.25) is 14.9 Å². The van der Waals surface area contributed by atoms with Crippen molar-refractivity contribution in [3.63, 3.8) is 0 Å². The van der Waals surface area contributed by atoms with Crippen LogP contribution in [0, 0.1) is 10.1 Å². The molecule has 1 saturated heterocycles. The first kappa shape index (κ1) is 15.7. The quantitative estimate of drug-likeness (QED) is 0.646. The predicted octanol–water partition coefficient (Wildman–Crippen LogP) is 3.11. The monoisotopic (exact) mass is 311 g/mol. The molecule has 1 aliphatic rings. The zero-order valence-electron chi connectivity index (χ0n) is 11.8. The first-order valence-corrected chi connectivity index (χ1v) is 7.37. The Kier molecular flexibility index (Phi) is 4.80. The Labute approximate surface area is 128 Å². The predicted molar refractivity (Wildman–Crippen MR) is 81.6 cm³/mol. The minimum Gasteiger partial charge on any atom is -0.323 e. The maximum atomic E-state index is 12.6. The summed E-state index contributed by atoms with van der Waals surface area (Å²) in [5.74, 6) is -0.177. The van der Waals surface area contributed by atoms with Crippen molar-refractivity contribution >= 4 is 28.9 Å². The number of benzene rings is 1. The van der Waals surface area contributed by atoms with Gasteiger partial charge < -0.3 is 10.6 Å². The van der Waals surface area contributed by atoms with Gasteiger partial charge in [0, 0.05) is 12.1 Å². The number of nitrogens with one attached hydrogen (secondary N) is 2. The summed E-state index contributed by atoms with van der Waals surface area (Å²) in [5, 5.41) is 17.1. The summed E-state index contributed by atoms with van der Waals surface area (Å²) in [6.07, 6.45) is 3.31. The van der Waals surface area contributed by atoms with Crippen molar-refractivity contribution in [2.75, 3.05) is 11.9 Å². The summed E-state index contributed by atoms with van der Waals surface area (Å²) < 4.78 is 0. The van der Waals surface area contributed by atoms with Crippen LogP contribution in [0.5, 0.6) is 0 Å². The number of nitro benzene ring substituents is 1. The maximum Gasteiger partial charge on any atom is 0.271 e. The summed E-state index contributed by atoms with van der Waals surface area (Å²) in [6.45, 7) is 2.82. The molecule has 21 heavy (non-hydrogen) atoms. The fourth-order valence-electron chi connectivity index (χ4n) is 2.72. The summed E-state index contributed by atoms with van der Waals surface area (Å²) in [7, 11) is 0. The number of nitro groups is 1. The van der Waals surface area contributed by atoms with Gasteiger partial charge in [-0.2, -0.15) is 0 Å². The standard InChI is InChI=1S/C14H18ClN3O3/c1-2-6-14(7-3-8-16-14)13(19)17-12-9-10(18(20)21)4-5-11(12)15/h4-5,9,16H,2-3,6-8H2,1H3,(H,17,19). The van der Waals surface area contributed by atoms with Crippen LogP contribution in [0.1, 0.15) is 32.6 Å². The number of non-ortho nitro benzene ring substituents is 1. The summed E-state index contributed by atoms with van der Waals surface area (Å²) in [4.78, 5) is 22.9. The van der Waals surface area contributed by atoms with Gasteiger partial charge in [0.1, 0.15) is 0 Å². The molecule has 114 valence electrons. The van der Waals surface area contributed by atoms with Crippen LogP contribution >= 0.6 is 11.6 Å². The molecule has 1 aromatic carbocycles. The molecule has 1 unspecified atom stereocenters. The SMILES string of the molecule is CCCC1(C(=O)Nc2cc([N+](=O)[O-])ccc2Cl)CCCN1. The highest BCUT2D eigenvalue weighted by atomic mass is 35.5. The number of amides is 1. The third-order valence-electron chi connectivity index (χ3n) is 3.76. The van der Waals surface area contributed by atoms with Crippen LogP contribution in [0.4, 0.5) is 11.4 Å². The van der Waals surface area contributed by atoms with Gasteiger partial charge in [0.15, 0.2) is 0 Å². The Bertz CT molecular complexity index is 556. The lowest BCUT2D eigenvalue weighted by atomic mass is 9.91. The molecule has 7 heteroatoms. The highest BCUT2D eigenvalue weighted by Crippen LogP contribution is 2.30. The van der Waals surface area contributed by atoms with E-state index >= 15 is 0 Å². The molecule has 1 atom stereocenters. The van der Waals surface area contributed by atoms with E-state index in [-0.39, 0.29) is 17.3 Å². The van der Waals surface area contributed by atoms with E-state index in [4.69, 9.17) is 11.6 Å². The fraction of sp³-hybridized carbons (Fsp3) is 0.500. The van der Waals surface area contributed by atoms with Crippen LogP contribution in [-0.2, 0) is 4.79 Å². The highest BCUT2D eigenvalue weighted by Gasteiger charge is 2.40. The van der Waals surface area contributed by atoms with Gasteiger partial charge in [-0.25, -0.2) is 0 Å². The van der Waals surface area contributed by atoms with E-state index in [9.17, 15) is 14.9 Å². The maximum absolute atomic E-state index is 12.6. The van der Waals surface area contributed by atoms with Gasteiger partial charge >= 0.3 is 0 Å². The Balaban J connectivity index is 2.22. The molecule has 0 aromatic heterocycles. The molecular weight excluding hydrogens is 294 g/mol. The molecule has 0 spiro atoms. The van der Waals surface area contributed by atoms with E-state index in [1.165, 1.54) is 18.2 Å². The lowest BCUT2D eigenvalue weighted by Crippen LogP contribution is -2.50. The second-order valence-corrected chi connectivity index (χ2v) is 5.65. The van der Waals surface area contributed by atoms with Crippen molar-refractivity contribution in [2.45, 2.75) is 38.1 Å². The fourth-order valence-corrected chi connectivity index (χ4v) is 2.88. The molecule has 2 N–H and O–H groups in total.